The maximum atomic E-state index is 11.3. The van der Waals surface area contributed by atoms with E-state index in [2.05, 4.69) is 4.74 Å². The number of ketones is 1. The zero-order valence-electron chi connectivity index (χ0n) is 7.78. The molecule has 0 aliphatic rings. The van der Waals surface area contributed by atoms with Crippen molar-refractivity contribution in [3.63, 3.8) is 0 Å². The van der Waals surface area contributed by atoms with Gasteiger partial charge in [0.15, 0.2) is 5.78 Å². The van der Waals surface area contributed by atoms with Gasteiger partial charge in [0.25, 0.3) is 0 Å². The molecular formula is C9H11NO3S. The first kappa shape index (κ1) is 10.9. The topological polar surface area (TPSA) is 69.4 Å². The van der Waals surface area contributed by atoms with Crippen molar-refractivity contribution in [2.24, 2.45) is 5.73 Å². The van der Waals surface area contributed by atoms with Gasteiger partial charge in [-0.15, -0.1) is 11.3 Å². The van der Waals surface area contributed by atoms with Crippen LogP contribution in [-0.4, -0.2) is 25.4 Å². The first-order valence-electron chi connectivity index (χ1n) is 4.09. The van der Waals surface area contributed by atoms with Gasteiger partial charge in [-0.2, -0.15) is 0 Å². The number of thiophene rings is 1. The Morgan fingerprint density at radius 3 is 2.86 bits per heavy atom. The molecule has 1 aromatic rings. The summed E-state index contributed by atoms with van der Waals surface area (Å²) < 4.78 is 4.52. The number of rotatable bonds is 4. The van der Waals surface area contributed by atoms with Crippen molar-refractivity contribution in [3.05, 3.63) is 21.9 Å². The SMILES string of the molecule is COC(=O)c1csc(C(=O)CCN)c1. The van der Waals surface area contributed by atoms with Crippen LogP contribution in [0.2, 0.25) is 0 Å². The minimum atomic E-state index is -0.423. The third kappa shape index (κ3) is 2.40. The second kappa shape index (κ2) is 4.88. The summed E-state index contributed by atoms with van der Waals surface area (Å²) in [6, 6.07) is 1.54. The van der Waals surface area contributed by atoms with Gasteiger partial charge in [-0.05, 0) is 12.6 Å². The van der Waals surface area contributed by atoms with Crippen molar-refractivity contribution in [2.45, 2.75) is 6.42 Å². The van der Waals surface area contributed by atoms with Crippen LogP contribution in [0.1, 0.15) is 26.5 Å². The number of hydrogen-bond acceptors (Lipinski definition) is 5. The molecule has 76 valence electrons. The Morgan fingerprint density at radius 1 is 1.57 bits per heavy atom. The number of hydrogen-bond donors (Lipinski definition) is 1. The average molecular weight is 213 g/mol. The predicted molar refractivity (Wildman–Crippen MR) is 53.7 cm³/mol. The molecule has 4 nitrogen and oxygen atoms in total. The Morgan fingerprint density at radius 2 is 2.29 bits per heavy atom. The zero-order chi connectivity index (χ0) is 10.6. The molecule has 0 saturated carbocycles. The Labute approximate surface area is 85.7 Å². The molecule has 1 heterocycles. The molecule has 14 heavy (non-hydrogen) atoms. The minimum Gasteiger partial charge on any atom is -0.465 e. The summed E-state index contributed by atoms with van der Waals surface area (Å²) in [6.07, 6.45) is 0.307. The molecule has 1 aromatic heterocycles. The molecule has 0 aliphatic carbocycles. The number of nitrogens with two attached hydrogens (primary N) is 1. The van der Waals surface area contributed by atoms with Gasteiger partial charge in [0.05, 0.1) is 17.6 Å². The van der Waals surface area contributed by atoms with E-state index in [-0.39, 0.29) is 5.78 Å². The quantitative estimate of drug-likeness (QED) is 0.600. The van der Waals surface area contributed by atoms with Gasteiger partial charge >= 0.3 is 5.97 Å². The highest BCUT2D eigenvalue weighted by Crippen LogP contribution is 2.16. The second-order valence-corrected chi connectivity index (χ2v) is 3.56. The van der Waals surface area contributed by atoms with Crippen molar-refractivity contribution in [1.82, 2.24) is 0 Å². The molecule has 2 N–H and O–H groups in total. The first-order valence-corrected chi connectivity index (χ1v) is 4.97. The summed E-state index contributed by atoms with van der Waals surface area (Å²) >= 11 is 1.24. The van der Waals surface area contributed by atoms with Crippen LogP contribution in [0.25, 0.3) is 0 Å². The molecule has 0 aromatic carbocycles. The van der Waals surface area contributed by atoms with E-state index in [0.717, 1.165) is 0 Å². The van der Waals surface area contributed by atoms with E-state index < -0.39 is 5.97 Å². The third-order valence-electron chi connectivity index (χ3n) is 1.67. The molecular weight excluding hydrogens is 202 g/mol. The second-order valence-electron chi connectivity index (χ2n) is 2.65. The lowest BCUT2D eigenvalue weighted by molar-refractivity contribution is 0.0601. The van der Waals surface area contributed by atoms with Gasteiger partial charge in [-0.3, -0.25) is 4.79 Å². The van der Waals surface area contributed by atoms with E-state index in [1.165, 1.54) is 24.5 Å². The van der Waals surface area contributed by atoms with Crippen LogP contribution in [0.15, 0.2) is 11.4 Å². The van der Waals surface area contributed by atoms with Crippen molar-refractivity contribution < 1.29 is 14.3 Å². The van der Waals surface area contributed by atoms with E-state index in [0.29, 0.717) is 23.4 Å². The van der Waals surface area contributed by atoms with Crippen molar-refractivity contribution >= 4 is 23.1 Å². The fourth-order valence-electron chi connectivity index (χ4n) is 0.962. The number of ether oxygens (including phenoxy) is 1. The fraction of sp³-hybridized carbons (Fsp3) is 0.333. The van der Waals surface area contributed by atoms with Crippen LogP contribution in [0.5, 0.6) is 0 Å². The van der Waals surface area contributed by atoms with Gasteiger partial charge in [0, 0.05) is 11.8 Å². The maximum absolute atomic E-state index is 11.3. The molecule has 0 saturated heterocycles. The lowest BCUT2D eigenvalue weighted by Crippen LogP contribution is -2.06. The van der Waals surface area contributed by atoms with E-state index >= 15 is 0 Å². The van der Waals surface area contributed by atoms with Crippen LogP contribution >= 0.6 is 11.3 Å². The van der Waals surface area contributed by atoms with E-state index in [9.17, 15) is 9.59 Å². The highest BCUT2D eigenvalue weighted by atomic mass is 32.1. The largest absolute Gasteiger partial charge is 0.465 e. The number of carbonyl (C=O) groups is 2. The lowest BCUT2D eigenvalue weighted by atomic mass is 10.2. The highest BCUT2D eigenvalue weighted by Gasteiger charge is 2.12. The maximum Gasteiger partial charge on any atom is 0.338 e. The standard InChI is InChI=1S/C9H11NO3S/c1-13-9(12)6-4-8(14-5-6)7(11)2-3-10/h4-5H,2-3,10H2,1H3. The van der Waals surface area contributed by atoms with Crippen molar-refractivity contribution in [3.8, 4) is 0 Å². The lowest BCUT2D eigenvalue weighted by Gasteiger charge is -1.93. The number of methoxy groups -OCH3 is 1. The summed E-state index contributed by atoms with van der Waals surface area (Å²) in [5.41, 5.74) is 5.67. The van der Waals surface area contributed by atoms with Crippen LogP contribution in [-0.2, 0) is 4.74 Å². The summed E-state index contributed by atoms with van der Waals surface area (Å²) in [5.74, 6) is -0.458. The summed E-state index contributed by atoms with van der Waals surface area (Å²) in [7, 11) is 1.31. The number of Topliss-reactive ketones (excluding diaryl/α,β-unsaturated/α-hetero) is 1. The van der Waals surface area contributed by atoms with Crippen molar-refractivity contribution in [1.29, 1.82) is 0 Å². The van der Waals surface area contributed by atoms with Crippen LogP contribution in [0.4, 0.5) is 0 Å². The zero-order valence-corrected chi connectivity index (χ0v) is 8.60. The van der Waals surface area contributed by atoms with Gasteiger partial charge in [0.1, 0.15) is 0 Å². The molecule has 1 rings (SSSR count). The molecule has 0 spiro atoms. The molecule has 5 heteroatoms. The molecule has 0 atom stereocenters. The number of carbonyl (C=O) groups excluding carboxylic acids is 2. The van der Waals surface area contributed by atoms with Crippen molar-refractivity contribution in [2.75, 3.05) is 13.7 Å². The molecule has 0 fully saturated rings. The highest BCUT2D eigenvalue weighted by molar-refractivity contribution is 7.12. The fourth-order valence-corrected chi connectivity index (χ4v) is 1.81. The molecule has 0 amide bonds. The van der Waals surface area contributed by atoms with Crippen LogP contribution < -0.4 is 5.73 Å². The van der Waals surface area contributed by atoms with E-state index in [1.54, 1.807) is 5.38 Å². The van der Waals surface area contributed by atoms with E-state index in [4.69, 9.17) is 5.73 Å². The summed E-state index contributed by atoms with van der Waals surface area (Å²) in [5, 5.41) is 1.61. The Bertz CT molecular complexity index is 346. The van der Waals surface area contributed by atoms with E-state index in [1.807, 2.05) is 0 Å². The van der Waals surface area contributed by atoms with Gasteiger partial charge in [-0.1, -0.05) is 0 Å². The predicted octanol–water partition coefficient (Wildman–Crippen LogP) is 1.07. The Balaban J connectivity index is 2.77. The monoisotopic (exact) mass is 213 g/mol. The van der Waals surface area contributed by atoms with Gasteiger partial charge in [0.2, 0.25) is 0 Å². The van der Waals surface area contributed by atoms with Gasteiger partial charge < -0.3 is 10.5 Å². The summed E-state index contributed by atoms with van der Waals surface area (Å²) in [4.78, 5) is 23.0. The Kier molecular flexibility index (Phi) is 3.79. The van der Waals surface area contributed by atoms with Gasteiger partial charge in [-0.25, -0.2) is 4.79 Å². The minimum absolute atomic E-state index is 0.0346. The van der Waals surface area contributed by atoms with Crippen LogP contribution in [0, 0.1) is 0 Å². The molecule has 0 bridgehead atoms. The molecule has 0 unspecified atom stereocenters. The molecule has 0 aliphatic heterocycles. The third-order valence-corrected chi connectivity index (χ3v) is 2.64. The first-order chi connectivity index (χ1) is 6.69. The normalized spacial score (nSPS) is 9.86. The Hall–Kier alpha value is -1.20. The molecule has 0 radical (unpaired) electrons. The summed E-state index contributed by atoms with van der Waals surface area (Å²) in [6.45, 7) is 0.324. The number of esters is 1. The van der Waals surface area contributed by atoms with Crippen LogP contribution in [0.3, 0.4) is 0 Å². The average Bonchev–Trinajstić information content (AvgIpc) is 2.66. The smallest absolute Gasteiger partial charge is 0.338 e.